The Kier molecular flexibility index (Phi) is 6.38. The van der Waals surface area contributed by atoms with Crippen LogP contribution in [-0.4, -0.2) is 13.7 Å². The van der Waals surface area contributed by atoms with Gasteiger partial charge in [-0.15, -0.1) is 0 Å². The van der Waals surface area contributed by atoms with Crippen LogP contribution < -0.4 is 10.1 Å². The summed E-state index contributed by atoms with van der Waals surface area (Å²) in [6.45, 7) is 5.91. The molecule has 0 heterocycles. The normalized spacial score (nSPS) is 12.5. The zero-order chi connectivity index (χ0) is 12.7. The molecule has 1 N–H and O–H groups in total. The minimum atomic E-state index is 0.568. The number of rotatable bonds is 7. The first kappa shape index (κ1) is 14.3. The standard InChI is InChI=1S/C14H22ClNO/c1-4-6-11(2)10-17-14-12(9-16-3)7-5-8-13(14)15/h5,7-8,11,16H,4,6,9-10H2,1-3H3. The summed E-state index contributed by atoms with van der Waals surface area (Å²) in [4.78, 5) is 0. The van der Waals surface area contributed by atoms with E-state index in [9.17, 15) is 0 Å². The fraction of sp³-hybridized carbons (Fsp3) is 0.571. The van der Waals surface area contributed by atoms with Gasteiger partial charge >= 0.3 is 0 Å². The predicted molar refractivity (Wildman–Crippen MR) is 73.8 cm³/mol. The van der Waals surface area contributed by atoms with E-state index in [4.69, 9.17) is 16.3 Å². The zero-order valence-electron chi connectivity index (χ0n) is 10.9. The van der Waals surface area contributed by atoms with Gasteiger partial charge in [-0.2, -0.15) is 0 Å². The fourth-order valence-corrected chi connectivity index (χ4v) is 2.10. The number of ether oxygens (including phenoxy) is 1. The summed E-state index contributed by atoms with van der Waals surface area (Å²) in [6, 6.07) is 5.88. The van der Waals surface area contributed by atoms with Gasteiger partial charge in [0.15, 0.2) is 0 Å². The average molecular weight is 256 g/mol. The van der Waals surface area contributed by atoms with Crippen LogP contribution in [0.2, 0.25) is 5.02 Å². The monoisotopic (exact) mass is 255 g/mol. The molecule has 0 aromatic heterocycles. The molecule has 0 spiro atoms. The first-order valence-corrected chi connectivity index (χ1v) is 6.61. The number of hydrogen-bond acceptors (Lipinski definition) is 2. The van der Waals surface area contributed by atoms with Crippen molar-refractivity contribution in [2.24, 2.45) is 5.92 Å². The second-order valence-corrected chi connectivity index (χ2v) is 4.87. The van der Waals surface area contributed by atoms with Gasteiger partial charge in [0.2, 0.25) is 0 Å². The molecular weight excluding hydrogens is 234 g/mol. The molecule has 0 aliphatic heterocycles. The minimum Gasteiger partial charge on any atom is -0.491 e. The second-order valence-electron chi connectivity index (χ2n) is 4.46. The Hall–Kier alpha value is -0.730. The molecule has 0 bridgehead atoms. The highest BCUT2D eigenvalue weighted by atomic mass is 35.5. The van der Waals surface area contributed by atoms with Crippen LogP contribution >= 0.6 is 11.6 Å². The molecule has 0 saturated heterocycles. The maximum atomic E-state index is 6.17. The summed E-state index contributed by atoms with van der Waals surface area (Å²) < 4.78 is 5.86. The SMILES string of the molecule is CCCC(C)COc1c(Cl)cccc1CNC. The van der Waals surface area contributed by atoms with Crippen molar-refractivity contribution in [1.29, 1.82) is 0 Å². The van der Waals surface area contributed by atoms with Gasteiger partial charge in [0, 0.05) is 12.1 Å². The highest BCUT2D eigenvalue weighted by Gasteiger charge is 2.09. The molecule has 1 rings (SSSR count). The lowest BCUT2D eigenvalue weighted by Gasteiger charge is -2.16. The Bertz CT molecular complexity index is 341. The van der Waals surface area contributed by atoms with E-state index in [2.05, 4.69) is 19.2 Å². The fourth-order valence-electron chi connectivity index (χ4n) is 1.85. The third-order valence-electron chi connectivity index (χ3n) is 2.71. The van der Waals surface area contributed by atoms with Crippen molar-refractivity contribution in [2.75, 3.05) is 13.7 Å². The lowest BCUT2D eigenvalue weighted by Crippen LogP contribution is -2.12. The smallest absolute Gasteiger partial charge is 0.142 e. The third-order valence-corrected chi connectivity index (χ3v) is 3.01. The molecule has 0 aliphatic rings. The molecule has 0 amide bonds. The molecule has 2 nitrogen and oxygen atoms in total. The van der Waals surface area contributed by atoms with Gasteiger partial charge in [-0.3, -0.25) is 0 Å². The summed E-state index contributed by atoms with van der Waals surface area (Å²) >= 11 is 6.17. The Morgan fingerprint density at radius 3 is 2.82 bits per heavy atom. The minimum absolute atomic E-state index is 0.568. The zero-order valence-corrected chi connectivity index (χ0v) is 11.7. The van der Waals surface area contributed by atoms with Crippen LogP contribution in [-0.2, 0) is 6.54 Å². The Morgan fingerprint density at radius 2 is 2.18 bits per heavy atom. The number of benzene rings is 1. The van der Waals surface area contributed by atoms with Crippen molar-refractivity contribution in [3.8, 4) is 5.75 Å². The number of halogens is 1. The first-order chi connectivity index (χ1) is 8.19. The summed E-state index contributed by atoms with van der Waals surface area (Å²) in [5.74, 6) is 1.39. The number of hydrogen-bond donors (Lipinski definition) is 1. The Labute approximate surface area is 109 Å². The van der Waals surface area contributed by atoms with Crippen molar-refractivity contribution in [2.45, 2.75) is 33.2 Å². The van der Waals surface area contributed by atoms with Gasteiger partial charge in [-0.05, 0) is 25.5 Å². The van der Waals surface area contributed by atoms with Gasteiger partial charge in [0.05, 0.1) is 11.6 Å². The Morgan fingerprint density at radius 1 is 1.41 bits per heavy atom. The van der Waals surface area contributed by atoms with Gasteiger partial charge in [-0.25, -0.2) is 0 Å². The van der Waals surface area contributed by atoms with Crippen LogP contribution in [0.1, 0.15) is 32.3 Å². The topological polar surface area (TPSA) is 21.3 Å². The molecule has 0 saturated carbocycles. The van der Waals surface area contributed by atoms with Crippen molar-refractivity contribution in [3.63, 3.8) is 0 Å². The first-order valence-electron chi connectivity index (χ1n) is 6.23. The largest absolute Gasteiger partial charge is 0.491 e. The lowest BCUT2D eigenvalue weighted by molar-refractivity contribution is 0.249. The van der Waals surface area contributed by atoms with Crippen molar-refractivity contribution in [1.82, 2.24) is 5.32 Å². The van der Waals surface area contributed by atoms with Gasteiger partial charge in [0.1, 0.15) is 5.75 Å². The van der Waals surface area contributed by atoms with E-state index in [1.54, 1.807) is 0 Å². The number of para-hydroxylation sites is 1. The second kappa shape index (κ2) is 7.57. The van der Waals surface area contributed by atoms with E-state index in [1.807, 2.05) is 25.2 Å². The molecular formula is C14H22ClNO. The highest BCUT2D eigenvalue weighted by molar-refractivity contribution is 6.32. The maximum absolute atomic E-state index is 6.17. The predicted octanol–water partition coefficient (Wildman–Crippen LogP) is 3.87. The quantitative estimate of drug-likeness (QED) is 0.799. The molecule has 96 valence electrons. The lowest BCUT2D eigenvalue weighted by atomic mass is 10.1. The van der Waals surface area contributed by atoms with E-state index in [-0.39, 0.29) is 0 Å². The molecule has 0 aliphatic carbocycles. The van der Waals surface area contributed by atoms with Crippen molar-refractivity contribution >= 4 is 11.6 Å². The Balaban J connectivity index is 2.68. The molecule has 1 aromatic carbocycles. The van der Waals surface area contributed by atoms with Gasteiger partial charge in [0.25, 0.3) is 0 Å². The molecule has 1 atom stereocenters. The van der Waals surface area contributed by atoms with E-state index < -0.39 is 0 Å². The molecule has 1 unspecified atom stereocenters. The molecule has 0 radical (unpaired) electrons. The highest BCUT2D eigenvalue weighted by Crippen LogP contribution is 2.29. The van der Waals surface area contributed by atoms with Crippen LogP contribution in [0.25, 0.3) is 0 Å². The molecule has 3 heteroatoms. The third kappa shape index (κ3) is 4.57. The van der Waals surface area contributed by atoms with Crippen molar-refractivity contribution in [3.05, 3.63) is 28.8 Å². The summed E-state index contributed by atoms with van der Waals surface area (Å²) in [6.07, 6.45) is 2.38. The molecule has 17 heavy (non-hydrogen) atoms. The van der Waals surface area contributed by atoms with Crippen LogP contribution in [0.4, 0.5) is 0 Å². The summed E-state index contributed by atoms with van der Waals surface area (Å²) in [5, 5.41) is 3.82. The van der Waals surface area contributed by atoms with Crippen LogP contribution in [0, 0.1) is 5.92 Å². The number of nitrogens with one attached hydrogen (secondary N) is 1. The van der Waals surface area contributed by atoms with E-state index in [0.29, 0.717) is 10.9 Å². The van der Waals surface area contributed by atoms with Crippen LogP contribution in [0.3, 0.4) is 0 Å². The van der Waals surface area contributed by atoms with Crippen molar-refractivity contribution < 1.29 is 4.74 Å². The summed E-state index contributed by atoms with van der Waals surface area (Å²) in [7, 11) is 1.92. The molecule has 1 aromatic rings. The average Bonchev–Trinajstić information content (AvgIpc) is 2.29. The van der Waals surface area contributed by atoms with Gasteiger partial charge in [-0.1, -0.05) is 44.0 Å². The van der Waals surface area contributed by atoms with Crippen LogP contribution in [0.15, 0.2) is 18.2 Å². The maximum Gasteiger partial charge on any atom is 0.142 e. The van der Waals surface area contributed by atoms with Gasteiger partial charge < -0.3 is 10.1 Å². The van der Waals surface area contributed by atoms with E-state index in [1.165, 1.54) is 12.8 Å². The van der Waals surface area contributed by atoms with E-state index >= 15 is 0 Å². The van der Waals surface area contributed by atoms with E-state index in [0.717, 1.165) is 24.5 Å². The molecule has 0 fully saturated rings. The summed E-state index contributed by atoms with van der Waals surface area (Å²) in [5.41, 5.74) is 1.11. The van der Waals surface area contributed by atoms with Crippen LogP contribution in [0.5, 0.6) is 5.75 Å².